The van der Waals surface area contributed by atoms with Gasteiger partial charge in [-0.15, -0.1) is 0 Å². The zero-order valence-corrected chi connectivity index (χ0v) is 14.1. The molecule has 0 radical (unpaired) electrons. The highest BCUT2D eigenvalue weighted by molar-refractivity contribution is 9.10. The van der Waals surface area contributed by atoms with Gasteiger partial charge in [0, 0.05) is 22.2 Å². The normalized spacial score (nSPS) is 23.6. The first-order valence-corrected chi connectivity index (χ1v) is 9.53. The lowest BCUT2D eigenvalue weighted by Gasteiger charge is -2.27. The van der Waals surface area contributed by atoms with Crippen molar-refractivity contribution in [2.45, 2.75) is 37.9 Å². The molecule has 0 heterocycles. The Morgan fingerprint density at radius 3 is 2.60 bits per heavy atom. The quantitative estimate of drug-likeness (QED) is 0.776. The fourth-order valence-electron chi connectivity index (χ4n) is 2.81. The van der Waals surface area contributed by atoms with Gasteiger partial charge in [0.1, 0.15) is 9.84 Å². The van der Waals surface area contributed by atoms with Gasteiger partial charge in [-0.25, -0.2) is 8.42 Å². The number of aryl methyl sites for hydroxylation is 1. The lowest BCUT2D eigenvalue weighted by molar-refractivity contribution is 0.0890. The highest BCUT2D eigenvalue weighted by atomic mass is 79.9. The molecule has 5 heteroatoms. The van der Waals surface area contributed by atoms with E-state index in [1.54, 1.807) is 0 Å². The molecule has 1 aromatic carbocycles. The Hall–Kier alpha value is -0.680. The summed E-state index contributed by atoms with van der Waals surface area (Å²) in [5.41, 5.74) is 1.75. The van der Waals surface area contributed by atoms with Gasteiger partial charge in [-0.1, -0.05) is 28.4 Å². The summed E-state index contributed by atoms with van der Waals surface area (Å²) in [4.78, 5) is 12.6. The maximum Gasteiger partial charge on any atom is 0.167 e. The number of halogens is 1. The molecule has 0 bridgehead atoms. The number of ketones is 1. The summed E-state index contributed by atoms with van der Waals surface area (Å²) in [5.74, 6) is -0.118. The number of hydrogen-bond acceptors (Lipinski definition) is 3. The molecule has 1 aliphatic carbocycles. The van der Waals surface area contributed by atoms with Crippen LogP contribution >= 0.6 is 15.9 Å². The summed E-state index contributed by atoms with van der Waals surface area (Å²) < 4.78 is 24.2. The van der Waals surface area contributed by atoms with Crippen LogP contribution in [0.4, 0.5) is 0 Å². The standard InChI is InChI=1S/C15H19BrO3S/c1-10-6-7-13(14(16)8-10)15(17)11-4-3-5-12(9-11)20(2,18)19/h6-8,11-12H,3-5,9H2,1-2H3. The fourth-order valence-corrected chi connectivity index (χ4v) is 4.68. The predicted molar refractivity (Wildman–Crippen MR) is 83.8 cm³/mol. The number of sulfone groups is 1. The second kappa shape index (κ2) is 5.98. The minimum Gasteiger partial charge on any atom is -0.294 e. The smallest absolute Gasteiger partial charge is 0.167 e. The van der Waals surface area contributed by atoms with Gasteiger partial charge in [-0.3, -0.25) is 4.79 Å². The lowest BCUT2D eigenvalue weighted by Crippen LogP contribution is -2.31. The molecule has 0 aliphatic heterocycles. The van der Waals surface area contributed by atoms with E-state index in [2.05, 4.69) is 15.9 Å². The predicted octanol–water partition coefficient (Wildman–Crippen LogP) is 3.54. The van der Waals surface area contributed by atoms with Crippen LogP contribution in [0, 0.1) is 12.8 Å². The van der Waals surface area contributed by atoms with E-state index < -0.39 is 9.84 Å². The molecule has 0 N–H and O–H groups in total. The molecule has 2 unspecified atom stereocenters. The summed E-state index contributed by atoms with van der Waals surface area (Å²) >= 11 is 3.43. The van der Waals surface area contributed by atoms with Crippen molar-refractivity contribution >= 4 is 31.6 Å². The van der Waals surface area contributed by atoms with Crippen LogP contribution in [0.3, 0.4) is 0 Å². The van der Waals surface area contributed by atoms with Crippen molar-refractivity contribution in [3.8, 4) is 0 Å². The van der Waals surface area contributed by atoms with Crippen LogP contribution in [-0.2, 0) is 9.84 Å². The molecule has 1 saturated carbocycles. The van der Waals surface area contributed by atoms with E-state index in [0.717, 1.165) is 22.9 Å². The molecule has 0 spiro atoms. The zero-order valence-electron chi connectivity index (χ0n) is 11.7. The van der Waals surface area contributed by atoms with Crippen molar-refractivity contribution in [2.24, 2.45) is 5.92 Å². The van der Waals surface area contributed by atoms with Gasteiger partial charge in [0.05, 0.1) is 5.25 Å². The van der Waals surface area contributed by atoms with E-state index in [9.17, 15) is 13.2 Å². The van der Waals surface area contributed by atoms with Crippen molar-refractivity contribution in [3.05, 3.63) is 33.8 Å². The number of Topliss-reactive ketones (excluding diaryl/α,β-unsaturated/α-hetero) is 1. The number of carbonyl (C=O) groups excluding carboxylic acids is 1. The maximum absolute atomic E-state index is 12.6. The first kappa shape index (κ1) is 15.7. The third kappa shape index (κ3) is 3.50. The summed E-state index contributed by atoms with van der Waals surface area (Å²) in [7, 11) is -3.06. The molecule has 20 heavy (non-hydrogen) atoms. The maximum atomic E-state index is 12.6. The van der Waals surface area contributed by atoms with Crippen LogP contribution in [-0.4, -0.2) is 25.7 Å². The van der Waals surface area contributed by atoms with Gasteiger partial charge in [0.15, 0.2) is 5.78 Å². The average molecular weight is 359 g/mol. The van der Waals surface area contributed by atoms with Crippen molar-refractivity contribution in [3.63, 3.8) is 0 Å². The third-order valence-corrected chi connectivity index (χ3v) is 6.29. The van der Waals surface area contributed by atoms with Crippen LogP contribution in [0.2, 0.25) is 0 Å². The SMILES string of the molecule is Cc1ccc(C(=O)C2CCCC(S(C)(=O)=O)C2)c(Br)c1. The Balaban J connectivity index is 2.21. The molecule has 0 amide bonds. The van der Waals surface area contributed by atoms with E-state index in [-0.39, 0.29) is 17.0 Å². The molecule has 1 fully saturated rings. The van der Waals surface area contributed by atoms with Gasteiger partial charge < -0.3 is 0 Å². The van der Waals surface area contributed by atoms with Gasteiger partial charge in [-0.05, 0) is 43.9 Å². The van der Waals surface area contributed by atoms with Crippen LogP contribution in [0.25, 0.3) is 0 Å². The number of benzene rings is 1. The fraction of sp³-hybridized carbons (Fsp3) is 0.533. The Labute approximate surface area is 128 Å². The number of hydrogen-bond donors (Lipinski definition) is 0. The van der Waals surface area contributed by atoms with Crippen LogP contribution in [0.5, 0.6) is 0 Å². The van der Waals surface area contributed by atoms with E-state index in [4.69, 9.17) is 0 Å². The molecule has 2 atom stereocenters. The number of carbonyl (C=O) groups is 1. The molecule has 110 valence electrons. The summed E-state index contributed by atoms with van der Waals surface area (Å²) in [6.45, 7) is 1.97. The van der Waals surface area contributed by atoms with E-state index in [0.29, 0.717) is 18.4 Å². The van der Waals surface area contributed by atoms with Gasteiger partial charge >= 0.3 is 0 Å². The molecule has 1 aromatic rings. The highest BCUT2D eigenvalue weighted by Crippen LogP contribution is 2.32. The zero-order chi connectivity index (χ0) is 14.9. The van der Waals surface area contributed by atoms with Crippen molar-refractivity contribution in [1.82, 2.24) is 0 Å². The Morgan fingerprint density at radius 2 is 2.00 bits per heavy atom. The molecule has 1 aliphatic rings. The Kier molecular flexibility index (Phi) is 4.69. The van der Waals surface area contributed by atoms with Gasteiger partial charge in [0.25, 0.3) is 0 Å². The monoisotopic (exact) mass is 358 g/mol. The third-order valence-electron chi connectivity index (χ3n) is 3.99. The molecular weight excluding hydrogens is 340 g/mol. The summed E-state index contributed by atoms with van der Waals surface area (Å²) in [6, 6.07) is 5.66. The minimum atomic E-state index is -3.06. The lowest BCUT2D eigenvalue weighted by atomic mass is 9.83. The van der Waals surface area contributed by atoms with E-state index in [1.165, 1.54) is 6.26 Å². The van der Waals surface area contributed by atoms with Gasteiger partial charge in [0.2, 0.25) is 0 Å². The van der Waals surface area contributed by atoms with Gasteiger partial charge in [-0.2, -0.15) is 0 Å². The van der Waals surface area contributed by atoms with Crippen molar-refractivity contribution in [2.75, 3.05) is 6.26 Å². The van der Waals surface area contributed by atoms with Crippen molar-refractivity contribution < 1.29 is 13.2 Å². The summed E-state index contributed by atoms with van der Waals surface area (Å²) in [6.07, 6.45) is 3.99. The summed E-state index contributed by atoms with van der Waals surface area (Å²) in [5, 5.41) is -0.366. The first-order chi connectivity index (χ1) is 9.29. The topological polar surface area (TPSA) is 51.2 Å². The van der Waals surface area contributed by atoms with Crippen LogP contribution in [0.1, 0.15) is 41.6 Å². The minimum absolute atomic E-state index is 0.0604. The Bertz CT molecular complexity index is 622. The highest BCUT2D eigenvalue weighted by Gasteiger charge is 2.33. The Morgan fingerprint density at radius 1 is 1.30 bits per heavy atom. The average Bonchev–Trinajstić information content (AvgIpc) is 2.37. The second-order valence-electron chi connectivity index (χ2n) is 5.66. The molecule has 3 nitrogen and oxygen atoms in total. The van der Waals surface area contributed by atoms with E-state index >= 15 is 0 Å². The number of rotatable bonds is 3. The molecular formula is C15H19BrO3S. The molecule has 0 saturated heterocycles. The first-order valence-electron chi connectivity index (χ1n) is 6.78. The van der Waals surface area contributed by atoms with E-state index in [1.807, 2.05) is 25.1 Å². The van der Waals surface area contributed by atoms with Crippen LogP contribution in [0.15, 0.2) is 22.7 Å². The molecule has 2 rings (SSSR count). The largest absolute Gasteiger partial charge is 0.294 e. The van der Waals surface area contributed by atoms with Crippen molar-refractivity contribution in [1.29, 1.82) is 0 Å². The molecule has 0 aromatic heterocycles. The second-order valence-corrected chi connectivity index (χ2v) is 8.84. The van der Waals surface area contributed by atoms with Crippen LogP contribution < -0.4 is 0 Å².